The average Bonchev–Trinajstić information content (AvgIpc) is 2.91. The second-order valence-electron chi connectivity index (χ2n) is 4.90. The molecule has 0 amide bonds. The fraction of sp³-hybridized carbons (Fsp3) is 0.214. The molecular formula is C14H13Cl2N3S. The molecule has 2 aromatic heterocycles. The van der Waals surface area contributed by atoms with Crippen molar-refractivity contribution in [3.05, 3.63) is 39.3 Å². The highest BCUT2D eigenvalue weighted by atomic mass is 35.5. The van der Waals surface area contributed by atoms with Gasteiger partial charge in [-0.05, 0) is 24.1 Å². The molecule has 0 fully saturated rings. The molecule has 104 valence electrons. The average molecular weight is 326 g/mol. The lowest BCUT2D eigenvalue weighted by Crippen LogP contribution is -1.99. The van der Waals surface area contributed by atoms with E-state index in [1.807, 2.05) is 21.9 Å². The Morgan fingerprint density at radius 1 is 1.30 bits per heavy atom. The van der Waals surface area contributed by atoms with Crippen LogP contribution in [0.1, 0.15) is 25.5 Å². The molecule has 0 spiro atoms. The van der Waals surface area contributed by atoms with Gasteiger partial charge in [-0.25, -0.2) is 4.98 Å². The molecule has 20 heavy (non-hydrogen) atoms. The predicted molar refractivity (Wildman–Crippen MR) is 87.0 cm³/mol. The summed E-state index contributed by atoms with van der Waals surface area (Å²) >= 11 is 13.8. The summed E-state index contributed by atoms with van der Waals surface area (Å²) in [5.41, 5.74) is 9.01. The van der Waals surface area contributed by atoms with E-state index in [0.717, 1.165) is 21.9 Å². The van der Waals surface area contributed by atoms with Crippen molar-refractivity contribution in [2.45, 2.75) is 19.8 Å². The molecule has 3 nitrogen and oxygen atoms in total. The van der Waals surface area contributed by atoms with Gasteiger partial charge >= 0.3 is 0 Å². The first-order valence-corrected chi connectivity index (χ1v) is 7.83. The molecule has 0 unspecified atom stereocenters. The molecule has 0 bridgehead atoms. The van der Waals surface area contributed by atoms with Crippen molar-refractivity contribution in [3.8, 4) is 11.3 Å². The number of thiazole rings is 1. The van der Waals surface area contributed by atoms with Crippen LogP contribution >= 0.6 is 34.5 Å². The third-order valence-corrected chi connectivity index (χ3v) is 4.56. The molecule has 1 aromatic carbocycles. The number of nitrogen functional groups attached to an aromatic ring is 1. The number of nitrogens with zero attached hydrogens (tertiary/aromatic N) is 2. The molecule has 0 radical (unpaired) electrons. The van der Waals surface area contributed by atoms with Crippen molar-refractivity contribution >= 4 is 45.3 Å². The zero-order valence-electron chi connectivity index (χ0n) is 11.0. The molecule has 0 atom stereocenters. The third kappa shape index (κ3) is 2.08. The third-order valence-electron chi connectivity index (χ3n) is 3.18. The largest absolute Gasteiger partial charge is 0.383 e. The number of aromatic nitrogens is 2. The van der Waals surface area contributed by atoms with Crippen molar-refractivity contribution in [1.29, 1.82) is 0 Å². The van der Waals surface area contributed by atoms with Gasteiger partial charge in [0.1, 0.15) is 5.82 Å². The lowest BCUT2D eigenvalue weighted by molar-refractivity contribution is 0.838. The maximum Gasteiger partial charge on any atom is 0.196 e. The van der Waals surface area contributed by atoms with Crippen molar-refractivity contribution in [2.75, 3.05) is 5.73 Å². The Morgan fingerprint density at radius 2 is 2.05 bits per heavy atom. The minimum atomic E-state index is 0.288. The monoisotopic (exact) mass is 325 g/mol. The van der Waals surface area contributed by atoms with Crippen LogP contribution in [0.15, 0.2) is 23.6 Å². The summed E-state index contributed by atoms with van der Waals surface area (Å²) in [5.74, 6) is 0.966. The van der Waals surface area contributed by atoms with E-state index in [1.54, 1.807) is 17.4 Å². The highest BCUT2D eigenvalue weighted by Gasteiger charge is 2.18. The number of anilines is 1. The summed E-state index contributed by atoms with van der Waals surface area (Å²) in [6, 6.07) is 5.46. The van der Waals surface area contributed by atoms with Crippen LogP contribution in [0.4, 0.5) is 5.82 Å². The summed E-state index contributed by atoms with van der Waals surface area (Å²) in [6.45, 7) is 4.16. The van der Waals surface area contributed by atoms with E-state index < -0.39 is 0 Å². The number of imidazole rings is 1. The van der Waals surface area contributed by atoms with Gasteiger partial charge in [0, 0.05) is 16.0 Å². The number of benzene rings is 1. The van der Waals surface area contributed by atoms with Crippen LogP contribution in [0, 0.1) is 0 Å². The van der Waals surface area contributed by atoms with Gasteiger partial charge in [-0.15, -0.1) is 11.3 Å². The van der Waals surface area contributed by atoms with Gasteiger partial charge in [-0.1, -0.05) is 37.0 Å². The standard InChI is InChI=1S/C14H13Cl2N3S/c1-7(2)12-13(17)19-11(6-20-14(19)18-12)9-4-3-8(15)5-10(9)16/h3-7H,17H2,1-2H3. The first-order chi connectivity index (χ1) is 9.49. The van der Waals surface area contributed by atoms with Gasteiger partial charge < -0.3 is 5.73 Å². The van der Waals surface area contributed by atoms with E-state index in [9.17, 15) is 0 Å². The molecular weight excluding hydrogens is 313 g/mol. The highest BCUT2D eigenvalue weighted by Crippen LogP contribution is 2.36. The molecule has 0 saturated carbocycles. The summed E-state index contributed by atoms with van der Waals surface area (Å²) in [4.78, 5) is 5.47. The van der Waals surface area contributed by atoms with Gasteiger partial charge in [0.25, 0.3) is 0 Å². The molecule has 2 N–H and O–H groups in total. The normalized spacial score (nSPS) is 11.7. The van der Waals surface area contributed by atoms with E-state index in [-0.39, 0.29) is 5.92 Å². The van der Waals surface area contributed by atoms with Crippen LogP contribution < -0.4 is 5.73 Å². The Hall–Kier alpha value is -1.23. The summed E-state index contributed by atoms with van der Waals surface area (Å²) in [5, 5.41) is 3.24. The number of halogens is 2. The van der Waals surface area contributed by atoms with E-state index >= 15 is 0 Å². The first kappa shape index (κ1) is 13.7. The van der Waals surface area contributed by atoms with E-state index in [0.29, 0.717) is 15.9 Å². The summed E-state index contributed by atoms with van der Waals surface area (Å²) < 4.78 is 1.95. The second-order valence-corrected chi connectivity index (χ2v) is 6.58. The van der Waals surface area contributed by atoms with Crippen LogP contribution in [0.5, 0.6) is 0 Å². The minimum absolute atomic E-state index is 0.288. The molecule has 3 aromatic rings. The predicted octanol–water partition coefficient (Wildman–Crippen LogP) is 5.08. The zero-order valence-corrected chi connectivity index (χ0v) is 13.4. The SMILES string of the molecule is CC(C)c1nc2scc(-c3ccc(Cl)cc3Cl)n2c1N. The topological polar surface area (TPSA) is 43.3 Å². The maximum atomic E-state index is 6.29. The van der Waals surface area contributed by atoms with Crippen molar-refractivity contribution in [1.82, 2.24) is 9.38 Å². The Labute approximate surface area is 131 Å². The van der Waals surface area contributed by atoms with Crippen LogP contribution in [0.2, 0.25) is 10.0 Å². The van der Waals surface area contributed by atoms with Gasteiger partial charge in [-0.3, -0.25) is 4.40 Å². The molecule has 0 aliphatic heterocycles. The molecule has 3 rings (SSSR count). The Bertz CT molecular complexity index is 789. The van der Waals surface area contributed by atoms with Crippen LogP contribution in [-0.2, 0) is 0 Å². The van der Waals surface area contributed by atoms with Crippen LogP contribution in [0.3, 0.4) is 0 Å². The smallest absolute Gasteiger partial charge is 0.196 e. The van der Waals surface area contributed by atoms with Gasteiger partial charge in [0.15, 0.2) is 4.96 Å². The highest BCUT2D eigenvalue weighted by molar-refractivity contribution is 7.15. The second kappa shape index (κ2) is 4.95. The summed E-state index contributed by atoms with van der Waals surface area (Å²) in [7, 11) is 0. The lowest BCUT2D eigenvalue weighted by atomic mass is 10.1. The fourth-order valence-corrected chi connectivity index (χ4v) is 3.61. The zero-order chi connectivity index (χ0) is 14.4. The van der Waals surface area contributed by atoms with E-state index in [4.69, 9.17) is 28.9 Å². The molecule has 2 heterocycles. The lowest BCUT2D eigenvalue weighted by Gasteiger charge is -2.06. The molecule has 0 aliphatic carbocycles. The number of hydrogen-bond donors (Lipinski definition) is 1. The van der Waals surface area contributed by atoms with E-state index in [1.165, 1.54) is 0 Å². The minimum Gasteiger partial charge on any atom is -0.383 e. The van der Waals surface area contributed by atoms with Crippen molar-refractivity contribution < 1.29 is 0 Å². The molecule has 6 heteroatoms. The van der Waals surface area contributed by atoms with Gasteiger partial charge in [0.2, 0.25) is 0 Å². The Kier molecular flexibility index (Phi) is 3.40. The maximum absolute atomic E-state index is 6.29. The van der Waals surface area contributed by atoms with Crippen molar-refractivity contribution in [3.63, 3.8) is 0 Å². The Morgan fingerprint density at radius 3 is 2.70 bits per heavy atom. The number of hydrogen-bond acceptors (Lipinski definition) is 3. The van der Waals surface area contributed by atoms with Crippen molar-refractivity contribution in [2.24, 2.45) is 0 Å². The number of fused-ring (bicyclic) bond motifs is 1. The van der Waals surface area contributed by atoms with E-state index in [2.05, 4.69) is 18.8 Å². The number of rotatable bonds is 2. The summed E-state index contributed by atoms with van der Waals surface area (Å²) in [6.07, 6.45) is 0. The quantitative estimate of drug-likeness (QED) is 0.714. The van der Waals surface area contributed by atoms with Gasteiger partial charge in [-0.2, -0.15) is 0 Å². The Balaban J connectivity index is 2.26. The number of nitrogens with two attached hydrogens (primary N) is 1. The molecule has 0 saturated heterocycles. The van der Waals surface area contributed by atoms with Crippen LogP contribution in [-0.4, -0.2) is 9.38 Å². The van der Waals surface area contributed by atoms with Crippen LogP contribution in [0.25, 0.3) is 16.2 Å². The van der Waals surface area contributed by atoms with Gasteiger partial charge in [0.05, 0.1) is 16.4 Å². The fourth-order valence-electron chi connectivity index (χ4n) is 2.21. The first-order valence-electron chi connectivity index (χ1n) is 6.19. The molecule has 0 aliphatic rings.